The van der Waals surface area contributed by atoms with Crippen molar-refractivity contribution < 1.29 is 14.3 Å². The number of hydrogen-bond donors (Lipinski definition) is 2. The SMILES string of the molecule is CCCN(CCC)c1cc(C(=O)NNc2cccc(C)c2)cc(OCCN2CCOCC2)n1. The second-order valence-corrected chi connectivity index (χ2v) is 8.29. The predicted molar refractivity (Wildman–Crippen MR) is 132 cm³/mol. The summed E-state index contributed by atoms with van der Waals surface area (Å²) in [6.45, 7) is 12.7. The Morgan fingerprint density at radius 1 is 1.15 bits per heavy atom. The molecule has 0 saturated carbocycles. The number of morpholine rings is 1. The molecule has 0 aliphatic carbocycles. The second-order valence-electron chi connectivity index (χ2n) is 8.29. The third kappa shape index (κ3) is 7.91. The van der Waals surface area contributed by atoms with Crippen LogP contribution >= 0.6 is 0 Å². The molecule has 2 N–H and O–H groups in total. The van der Waals surface area contributed by atoms with Gasteiger partial charge in [0, 0.05) is 38.8 Å². The fourth-order valence-corrected chi connectivity index (χ4v) is 3.77. The van der Waals surface area contributed by atoms with Crippen LogP contribution in [0.2, 0.25) is 0 Å². The highest BCUT2D eigenvalue weighted by atomic mass is 16.5. The van der Waals surface area contributed by atoms with Gasteiger partial charge in [-0.3, -0.25) is 20.5 Å². The number of aryl methyl sites for hydroxylation is 1. The van der Waals surface area contributed by atoms with Crippen LogP contribution in [0.4, 0.5) is 11.5 Å². The van der Waals surface area contributed by atoms with Gasteiger partial charge >= 0.3 is 0 Å². The minimum Gasteiger partial charge on any atom is -0.476 e. The molecule has 1 aliphatic heterocycles. The van der Waals surface area contributed by atoms with Crippen molar-refractivity contribution in [1.29, 1.82) is 0 Å². The Kier molecular flexibility index (Phi) is 9.77. The number of carbonyl (C=O) groups excluding carboxylic acids is 1. The zero-order valence-corrected chi connectivity index (χ0v) is 20.1. The van der Waals surface area contributed by atoms with E-state index in [-0.39, 0.29) is 5.91 Å². The van der Waals surface area contributed by atoms with Crippen LogP contribution in [0.15, 0.2) is 36.4 Å². The van der Waals surface area contributed by atoms with Gasteiger partial charge in [-0.05, 0) is 43.5 Å². The number of nitrogens with one attached hydrogen (secondary N) is 2. The molecule has 2 heterocycles. The minimum absolute atomic E-state index is 0.230. The molecule has 33 heavy (non-hydrogen) atoms. The van der Waals surface area contributed by atoms with Gasteiger partial charge in [-0.2, -0.15) is 4.98 Å². The maximum Gasteiger partial charge on any atom is 0.269 e. The third-order valence-electron chi connectivity index (χ3n) is 5.46. The Hall–Kier alpha value is -2.84. The number of pyridine rings is 1. The molecule has 1 aromatic carbocycles. The minimum atomic E-state index is -0.230. The van der Waals surface area contributed by atoms with Crippen LogP contribution in [0.3, 0.4) is 0 Å². The molecule has 0 atom stereocenters. The van der Waals surface area contributed by atoms with Gasteiger partial charge in [-0.25, -0.2) is 0 Å². The first kappa shape index (κ1) is 24.8. The summed E-state index contributed by atoms with van der Waals surface area (Å²) in [7, 11) is 0. The number of hydrazine groups is 1. The summed E-state index contributed by atoms with van der Waals surface area (Å²) < 4.78 is 11.4. The summed E-state index contributed by atoms with van der Waals surface area (Å²) >= 11 is 0. The van der Waals surface area contributed by atoms with E-state index in [1.54, 1.807) is 6.07 Å². The lowest BCUT2D eigenvalue weighted by molar-refractivity contribution is 0.0320. The molecular weight excluding hydrogens is 418 g/mol. The van der Waals surface area contributed by atoms with Gasteiger partial charge in [0.05, 0.1) is 24.5 Å². The van der Waals surface area contributed by atoms with E-state index in [0.29, 0.717) is 18.1 Å². The number of ether oxygens (including phenoxy) is 2. The highest BCUT2D eigenvalue weighted by Crippen LogP contribution is 2.21. The van der Waals surface area contributed by atoms with E-state index >= 15 is 0 Å². The monoisotopic (exact) mass is 455 g/mol. The zero-order valence-electron chi connectivity index (χ0n) is 20.1. The van der Waals surface area contributed by atoms with E-state index in [1.807, 2.05) is 37.3 Å². The lowest BCUT2D eigenvalue weighted by atomic mass is 10.2. The molecule has 0 bridgehead atoms. The van der Waals surface area contributed by atoms with Gasteiger partial charge in [-0.1, -0.05) is 26.0 Å². The third-order valence-corrected chi connectivity index (χ3v) is 5.46. The van der Waals surface area contributed by atoms with Gasteiger partial charge in [0.25, 0.3) is 5.91 Å². The summed E-state index contributed by atoms with van der Waals surface area (Å²) in [5.74, 6) is 1.01. The predicted octanol–water partition coefficient (Wildman–Crippen LogP) is 3.48. The van der Waals surface area contributed by atoms with Crippen molar-refractivity contribution >= 4 is 17.4 Å². The van der Waals surface area contributed by atoms with Gasteiger partial charge in [-0.15, -0.1) is 0 Å². The van der Waals surface area contributed by atoms with Gasteiger partial charge < -0.3 is 14.4 Å². The quantitative estimate of drug-likeness (QED) is 0.474. The summed E-state index contributed by atoms with van der Waals surface area (Å²) in [4.78, 5) is 22.2. The molecule has 180 valence electrons. The summed E-state index contributed by atoms with van der Waals surface area (Å²) in [6, 6.07) is 11.4. The van der Waals surface area contributed by atoms with Crippen molar-refractivity contribution in [3.05, 3.63) is 47.5 Å². The maximum absolute atomic E-state index is 13.0. The molecule has 0 spiro atoms. The molecule has 2 aromatic rings. The molecule has 3 rings (SSSR count). The van der Waals surface area contributed by atoms with Crippen LogP contribution in [-0.4, -0.2) is 68.3 Å². The lowest BCUT2D eigenvalue weighted by Gasteiger charge is -2.26. The molecular formula is C25H37N5O3. The highest BCUT2D eigenvalue weighted by molar-refractivity contribution is 5.95. The average Bonchev–Trinajstić information content (AvgIpc) is 2.83. The van der Waals surface area contributed by atoms with Crippen LogP contribution in [0.25, 0.3) is 0 Å². The molecule has 8 heteroatoms. The number of anilines is 2. The summed E-state index contributed by atoms with van der Waals surface area (Å²) in [5, 5.41) is 0. The number of hydrogen-bond acceptors (Lipinski definition) is 7. The molecule has 1 aliphatic rings. The van der Waals surface area contributed by atoms with Gasteiger partial charge in [0.15, 0.2) is 0 Å². The first-order valence-electron chi connectivity index (χ1n) is 11.9. The maximum atomic E-state index is 13.0. The van der Waals surface area contributed by atoms with E-state index in [9.17, 15) is 4.79 Å². The number of amides is 1. The number of carbonyl (C=O) groups is 1. The van der Waals surface area contributed by atoms with Crippen molar-refractivity contribution in [3.8, 4) is 5.88 Å². The smallest absolute Gasteiger partial charge is 0.269 e. The molecule has 0 unspecified atom stereocenters. The fourth-order valence-electron chi connectivity index (χ4n) is 3.77. The normalized spacial score (nSPS) is 14.0. The largest absolute Gasteiger partial charge is 0.476 e. The van der Waals surface area contributed by atoms with Crippen LogP contribution in [0.5, 0.6) is 5.88 Å². The molecule has 1 aromatic heterocycles. The van der Waals surface area contributed by atoms with Crippen molar-refractivity contribution in [1.82, 2.24) is 15.3 Å². The van der Waals surface area contributed by atoms with Crippen molar-refractivity contribution in [2.24, 2.45) is 0 Å². The first-order valence-corrected chi connectivity index (χ1v) is 11.9. The van der Waals surface area contributed by atoms with Crippen molar-refractivity contribution in [2.75, 3.05) is 62.9 Å². The number of benzene rings is 1. The Labute approximate surface area is 197 Å². The van der Waals surface area contributed by atoms with E-state index in [4.69, 9.17) is 14.5 Å². The van der Waals surface area contributed by atoms with E-state index in [1.165, 1.54) is 0 Å². The van der Waals surface area contributed by atoms with Crippen LogP contribution < -0.4 is 20.5 Å². The molecule has 8 nitrogen and oxygen atoms in total. The first-order chi connectivity index (χ1) is 16.1. The standard InChI is InChI=1S/C25H37N5O3/c1-4-9-30(10-5-2)23-18-21(25(31)28-27-22-8-6-7-20(3)17-22)19-24(26-23)33-16-13-29-11-14-32-15-12-29/h6-8,17-19,27H,4-5,9-16H2,1-3H3,(H,28,31). The average molecular weight is 456 g/mol. The number of aromatic nitrogens is 1. The van der Waals surface area contributed by atoms with E-state index in [2.05, 4.69) is 34.5 Å². The van der Waals surface area contributed by atoms with Crippen LogP contribution in [-0.2, 0) is 4.74 Å². The number of nitrogens with zero attached hydrogens (tertiary/aromatic N) is 3. The van der Waals surface area contributed by atoms with Gasteiger partial charge in [0.2, 0.25) is 5.88 Å². The number of rotatable bonds is 12. The van der Waals surface area contributed by atoms with Crippen molar-refractivity contribution in [3.63, 3.8) is 0 Å². The second kappa shape index (κ2) is 13.0. The van der Waals surface area contributed by atoms with Gasteiger partial charge in [0.1, 0.15) is 12.4 Å². The molecule has 0 radical (unpaired) electrons. The van der Waals surface area contributed by atoms with Crippen molar-refractivity contribution in [2.45, 2.75) is 33.6 Å². The zero-order chi connectivity index (χ0) is 23.5. The lowest BCUT2D eigenvalue weighted by Crippen LogP contribution is -2.38. The van der Waals surface area contributed by atoms with Crippen LogP contribution in [0, 0.1) is 6.92 Å². The van der Waals surface area contributed by atoms with Crippen LogP contribution in [0.1, 0.15) is 42.6 Å². The summed E-state index contributed by atoms with van der Waals surface area (Å²) in [6.07, 6.45) is 2.00. The highest BCUT2D eigenvalue weighted by Gasteiger charge is 2.16. The van der Waals surface area contributed by atoms with E-state index in [0.717, 1.165) is 75.8 Å². The molecule has 1 fully saturated rings. The summed E-state index contributed by atoms with van der Waals surface area (Å²) in [5.41, 5.74) is 8.25. The Morgan fingerprint density at radius 2 is 1.91 bits per heavy atom. The topological polar surface area (TPSA) is 79.0 Å². The Balaban J connectivity index is 1.72. The Morgan fingerprint density at radius 3 is 2.61 bits per heavy atom. The van der Waals surface area contributed by atoms with E-state index < -0.39 is 0 Å². The molecule has 1 saturated heterocycles. The Bertz CT molecular complexity index is 880. The molecule has 1 amide bonds. The fraction of sp³-hybridized carbons (Fsp3) is 0.520.